The lowest BCUT2D eigenvalue weighted by Crippen LogP contribution is -2.39. The second-order valence-electron chi connectivity index (χ2n) is 4.35. The molecule has 18 heavy (non-hydrogen) atoms. The summed E-state index contributed by atoms with van der Waals surface area (Å²) < 4.78 is 5.20. The molecule has 2 rings (SSSR count). The Morgan fingerprint density at radius 2 is 2.11 bits per heavy atom. The zero-order chi connectivity index (χ0) is 12.8. The smallest absolute Gasteiger partial charge is 0.246 e. The van der Waals surface area contributed by atoms with Gasteiger partial charge < -0.3 is 9.64 Å². The van der Waals surface area contributed by atoms with E-state index in [1.54, 1.807) is 17.1 Å². The highest BCUT2D eigenvalue weighted by Crippen LogP contribution is 2.16. The Bertz CT molecular complexity index is 415. The lowest BCUT2D eigenvalue weighted by molar-refractivity contribution is -0.129. The molecule has 1 heterocycles. The zero-order valence-corrected chi connectivity index (χ0v) is 10.3. The van der Waals surface area contributed by atoms with Gasteiger partial charge in [0, 0.05) is 19.2 Å². The minimum absolute atomic E-state index is 0.00539. The SMILES string of the molecule is O=CC1=CC(/C=C/C(=O)N2CCOCC2)=CCC1. The van der Waals surface area contributed by atoms with E-state index in [-0.39, 0.29) is 5.91 Å². The second-order valence-corrected chi connectivity index (χ2v) is 4.35. The number of carbonyl (C=O) groups is 2. The molecule has 2 aliphatic rings. The molecule has 0 aromatic rings. The van der Waals surface area contributed by atoms with Crippen LogP contribution in [0.5, 0.6) is 0 Å². The molecule has 0 aromatic carbocycles. The van der Waals surface area contributed by atoms with Crippen LogP contribution in [0.3, 0.4) is 0 Å². The Labute approximate surface area is 107 Å². The lowest BCUT2D eigenvalue weighted by Gasteiger charge is -2.25. The number of amides is 1. The lowest BCUT2D eigenvalue weighted by atomic mass is 10.00. The van der Waals surface area contributed by atoms with Gasteiger partial charge in [-0.05, 0) is 36.1 Å². The van der Waals surface area contributed by atoms with Gasteiger partial charge in [0.2, 0.25) is 5.91 Å². The highest BCUT2D eigenvalue weighted by molar-refractivity contribution is 5.88. The van der Waals surface area contributed by atoms with E-state index in [0.717, 1.165) is 30.3 Å². The highest BCUT2D eigenvalue weighted by atomic mass is 16.5. The molecule has 4 nitrogen and oxygen atoms in total. The van der Waals surface area contributed by atoms with Gasteiger partial charge in [-0.3, -0.25) is 9.59 Å². The molecule has 0 unspecified atom stereocenters. The maximum atomic E-state index is 11.9. The van der Waals surface area contributed by atoms with Crippen LogP contribution in [-0.4, -0.2) is 43.4 Å². The Hall–Kier alpha value is -1.68. The third kappa shape index (κ3) is 3.40. The van der Waals surface area contributed by atoms with Crippen LogP contribution < -0.4 is 0 Å². The normalized spacial score (nSPS) is 20.6. The molecule has 0 radical (unpaired) electrons. The molecule has 1 aliphatic heterocycles. The average Bonchev–Trinajstić information content (AvgIpc) is 2.46. The van der Waals surface area contributed by atoms with E-state index in [1.807, 2.05) is 12.2 Å². The summed E-state index contributed by atoms with van der Waals surface area (Å²) in [6.45, 7) is 2.52. The molecule has 96 valence electrons. The number of rotatable bonds is 3. The predicted molar refractivity (Wildman–Crippen MR) is 68.0 cm³/mol. The molecule has 1 saturated heterocycles. The van der Waals surface area contributed by atoms with Crippen molar-refractivity contribution in [2.24, 2.45) is 0 Å². The van der Waals surface area contributed by atoms with Crippen molar-refractivity contribution >= 4 is 12.2 Å². The van der Waals surface area contributed by atoms with Crippen molar-refractivity contribution in [3.63, 3.8) is 0 Å². The van der Waals surface area contributed by atoms with Crippen molar-refractivity contribution < 1.29 is 14.3 Å². The molecule has 0 aromatic heterocycles. The molecule has 0 N–H and O–H groups in total. The summed E-state index contributed by atoms with van der Waals surface area (Å²) in [6.07, 6.45) is 9.75. The number of ether oxygens (including phenoxy) is 1. The average molecular weight is 247 g/mol. The molecule has 4 heteroatoms. The molecule has 1 amide bonds. The Morgan fingerprint density at radius 3 is 2.83 bits per heavy atom. The molecular formula is C14H17NO3. The van der Waals surface area contributed by atoms with E-state index < -0.39 is 0 Å². The maximum Gasteiger partial charge on any atom is 0.246 e. The predicted octanol–water partition coefficient (Wildman–Crippen LogP) is 1.25. The van der Waals surface area contributed by atoms with E-state index in [1.165, 1.54) is 0 Å². The number of carbonyl (C=O) groups excluding carboxylic acids is 2. The standard InChI is InChI=1S/C14H17NO3/c16-11-13-3-1-2-12(10-13)4-5-14(17)15-6-8-18-9-7-15/h2,4-5,10-11H,1,3,6-9H2/b5-4+. The van der Waals surface area contributed by atoms with E-state index in [2.05, 4.69) is 0 Å². The Kier molecular flexibility index (Phi) is 4.47. The number of morpholine rings is 1. The maximum absolute atomic E-state index is 11.9. The fourth-order valence-corrected chi connectivity index (χ4v) is 2.02. The quantitative estimate of drug-likeness (QED) is 0.557. The van der Waals surface area contributed by atoms with Crippen molar-refractivity contribution in [2.45, 2.75) is 12.8 Å². The summed E-state index contributed by atoms with van der Waals surface area (Å²) in [6, 6.07) is 0. The minimum Gasteiger partial charge on any atom is -0.378 e. The van der Waals surface area contributed by atoms with E-state index >= 15 is 0 Å². The van der Waals surface area contributed by atoms with Gasteiger partial charge in [0.25, 0.3) is 0 Å². The topological polar surface area (TPSA) is 46.6 Å². The first-order chi connectivity index (χ1) is 8.79. The van der Waals surface area contributed by atoms with Gasteiger partial charge in [0.15, 0.2) is 0 Å². The first kappa shape index (κ1) is 12.8. The second kappa shape index (κ2) is 6.31. The number of aldehydes is 1. The number of hydrogen-bond donors (Lipinski definition) is 0. The molecule has 0 bridgehead atoms. The number of hydrogen-bond acceptors (Lipinski definition) is 3. The molecule has 0 atom stereocenters. The van der Waals surface area contributed by atoms with Crippen LogP contribution in [0.15, 0.2) is 35.5 Å². The first-order valence-corrected chi connectivity index (χ1v) is 6.20. The number of nitrogens with zero attached hydrogens (tertiary/aromatic N) is 1. The van der Waals surface area contributed by atoms with Crippen LogP contribution in [0.2, 0.25) is 0 Å². The van der Waals surface area contributed by atoms with Crippen LogP contribution in [0.1, 0.15) is 12.8 Å². The van der Waals surface area contributed by atoms with Gasteiger partial charge >= 0.3 is 0 Å². The molecule has 1 aliphatic carbocycles. The minimum atomic E-state index is 0.00539. The largest absolute Gasteiger partial charge is 0.378 e. The van der Waals surface area contributed by atoms with E-state index in [9.17, 15) is 9.59 Å². The zero-order valence-electron chi connectivity index (χ0n) is 10.3. The van der Waals surface area contributed by atoms with E-state index in [0.29, 0.717) is 26.3 Å². The van der Waals surface area contributed by atoms with Gasteiger partial charge in [-0.2, -0.15) is 0 Å². The van der Waals surface area contributed by atoms with Gasteiger partial charge in [0.05, 0.1) is 13.2 Å². The van der Waals surface area contributed by atoms with Crippen molar-refractivity contribution in [2.75, 3.05) is 26.3 Å². The van der Waals surface area contributed by atoms with Gasteiger partial charge in [0.1, 0.15) is 6.29 Å². The number of allylic oxidation sites excluding steroid dienone is 5. The summed E-state index contributed by atoms with van der Waals surface area (Å²) in [5, 5.41) is 0. The van der Waals surface area contributed by atoms with Crippen LogP contribution >= 0.6 is 0 Å². The van der Waals surface area contributed by atoms with Gasteiger partial charge in [-0.25, -0.2) is 0 Å². The summed E-state index contributed by atoms with van der Waals surface area (Å²) >= 11 is 0. The third-order valence-electron chi connectivity index (χ3n) is 3.06. The van der Waals surface area contributed by atoms with Crippen molar-refractivity contribution in [1.82, 2.24) is 4.90 Å². The van der Waals surface area contributed by atoms with Crippen molar-refractivity contribution in [1.29, 1.82) is 0 Å². The molecule has 0 spiro atoms. The molecular weight excluding hydrogens is 230 g/mol. The van der Waals surface area contributed by atoms with Gasteiger partial charge in [-0.1, -0.05) is 6.08 Å². The van der Waals surface area contributed by atoms with Crippen molar-refractivity contribution in [3.8, 4) is 0 Å². The molecule has 1 fully saturated rings. The van der Waals surface area contributed by atoms with Crippen LogP contribution in [0, 0.1) is 0 Å². The summed E-state index contributed by atoms with van der Waals surface area (Å²) in [7, 11) is 0. The van der Waals surface area contributed by atoms with Gasteiger partial charge in [-0.15, -0.1) is 0 Å². The fraction of sp³-hybridized carbons (Fsp3) is 0.429. The van der Waals surface area contributed by atoms with Crippen LogP contribution in [0.25, 0.3) is 0 Å². The van der Waals surface area contributed by atoms with Crippen LogP contribution in [0.4, 0.5) is 0 Å². The van der Waals surface area contributed by atoms with E-state index in [4.69, 9.17) is 4.74 Å². The monoisotopic (exact) mass is 247 g/mol. The summed E-state index contributed by atoms with van der Waals surface area (Å²) in [5.74, 6) is 0.00539. The Balaban J connectivity index is 1.94. The highest BCUT2D eigenvalue weighted by Gasteiger charge is 2.14. The first-order valence-electron chi connectivity index (χ1n) is 6.20. The molecule has 0 saturated carbocycles. The third-order valence-corrected chi connectivity index (χ3v) is 3.06. The fourth-order valence-electron chi connectivity index (χ4n) is 2.02. The van der Waals surface area contributed by atoms with Crippen molar-refractivity contribution in [3.05, 3.63) is 35.5 Å². The van der Waals surface area contributed by atoms with Crippen LogP contribution in [-0.2, 0) is 14.3 Å². The summed E-state index contributed by atoms with van der Waals surface area (Å²) in [4.78, 5) is 24.3. The Morgan fingerprint density at radius 1 is 1.33 bits per heavy atom. The summed E-state index contributed by atoms with van der Waals surface area (Å²) in [5.41, 5.74) is 1.72.